The number of hydrogen-bond donors (Lipinski definition) is 2. The highest BCUT2D eigenvalue weighted by molar-refractivity contribution is 5.46. The lowest BCUT2D eigenvalue weighted by atomic mass is 9.99. The van der Waals surface area contributed by atoms with Crippen LogP contribution in [0.3, 0.4) is 0 Å². The van der Waals surface area contributed by atoms with Gasteiger partial charge in [0.25, 0.3) is 0 Å². The van der Waals surface area contributed by atoms with E-state index in [2.05, 4.69) is 41.4 Å². The van der Waals surface area contributed by atoms with E-state index in [9.17, 15) is 0 Å². The summed E-state index contributed by atoms with van der Waals surface area (Å²) >= 11 is 0. The summed E-state index contributed by atoms with van der Waals surface area (Å²) in [7, 11) is 0. The molecule has 0 aromatic carbocycles. The van der Waals surface area contributed by atoms with Crippen molar-refractivity contribution in [3.8, 4) is 0 Å². The molecule has 19 heavy (non-hydrogen) atoms. The third-order valence-corrected chi connectivity index (χ3v) is 3.89. The van der Waals surface area contributed by atoms with E-state index in [0.29, 0.717) is 0 Å². The van der Waals surface area contributed by atoms with E-state index in [-0.39, 0.29) is 0 Å². The van der Waals surface area contributed by atoms with Crippen LogP contribution in [-0.2, 0) is 12.8 Å². The Labute approximate surface area is 116 Å². The van der Waals surface area contributed by atoms with Gasteiger partial charge >= 0.3 is 0 Å². The van der Waals surface area contributed by atoms with Crippen LogP contribution in [0.2, 0.25) is 0 Å². The minimum Gasteiger partial charge on any atom is -0.369 e. The Morgan fingerprint density at radius 3 is 2.74 bits per heavy atom. The average Bonchev–Trinajstić information content (AvgIpc) is 2.45. The van der Waals surface area contributed by atoms with Gasteiger partial charge in [-0.1, -0.05) is 13.8 Å². The monoisotopic (exact) mass is 262 g/mol. The summed E-state index contributed by atoms with van der Waals surface area (Å²) in [5.74, 6) is 2.72. The van der Waals surface area contributed by atoms with E-state index in [1.54, 1.807) is 0 Å². The lowest BCUT2D eigenvalue weighted by Crippen LogP contribution is -2.33. The molecular weight excluding hydrogens is 236 g/mol. The van der Waals surface area contributed by atoms with Gasteiger partial charge in [0.05, 0.1) is 0 Å². The number of aromatic nitrogens is 2. The zero-order chi connectivity index (χ0) is 13.7. The molecule has 1 atom stereocenters. The molecule has 2 rings (SSSR count). The SMILES string of the molecule is CCc1nc(C)c(CC)c(NCC2CCCNC2)n1. The summed E-state index contributed by atoms with van der Waals surface area (Å²) in [6.45, 7) is 9.68. The van der Waals surface area contributed by atoms with Crippen molar-refractivity contribution < 1.29 is 0 Å². The maximum absolute atomic E-state index is 4.66. The second-order valence-corrected chi connectivity index (χ2v) is 5.35. The highest BCUT2D eigenvalue weighted by atomic mass is 15.0. The molecule has 4 heteroatoms. The van der Waals surface area contributed by atoms with E-state index >= 15 is 0 Å². The van der Waals surface area contributed by atoms with Gasteiger partial charge in [-0.2, -0.15) is 0 Å². The van der Waals surface area contributed by atoms with Crippen LogP contribution < -0.4 is 10.6 Å². The van der Waals surface area contributed by atoms with Gasteiger partial charge in [0.15, 0.2) is 0 Å². The van der Waals surface area contributed by atoms with Crippen LogP contribution in [0.5, 0.6) is 0 Å². The van der Waals surface area contributed by atoms with Crippen LogP contribution in [0.1, 0.15) is 43.8 Å². The average molecular weight is 262 g/mol. The van der Waals surface area contributed by atoms with Crippen molar-refractivity contribution in [2.24, 2.45) is 5.92 Å². The van der Waals surface area contributed by atoms with Gasteiger partial charge in [-0.05, 0) is 45.2 Å². The zero-order valence-electron chi connectivity index (χ0n) is 12.4. The molecule has 1 aromatic heterocycles. The lowest BCUT2D eigenvalue weighted by Gasteiger charge is -2.24. The van der Waals surface area contributed by atoms with Crippen molar-refractivity contribution in [2.75, 3.05) is 25.0 Å². The second kappa shape index (κ2) is 6.85. The number of nitrogens with zero attached hydrogens (tertiary/aromatic N) is 2. The Hall–Kier alpha value is -1.16. The first-order valence-corrected chi connectivity index (χ1v) is 7.55. The third kappa shape index (κ3) is 3.66. The fraction of sp³-hybridized carbons (Fsp3) is 0.733. The van der Waals surface area contributed by atoms with Crippen molar-refractivity contribution in [1.29, 1.82) is 0 Å². The van der Waals surface area contributed by atoms with Crippen molar-refractivity contribution in [2.45, 2.75) is 46.5 Å². The molecule has 106 valence electrons. The molecule has 2 heterocycles. The Morgan fingerprint density at radius 2 is 2.11 bits per heavy atom. The lowest BCUT2D eigenvalue weighted by molar-refractivity contribution is 0.392. The minimum absolute atomic E-state index is 0.721. The summed E-state index contributed by atoms with van der Waals surface area (Å²) in [4.78, 5) is 9.22. The van der Waals surface area contributed by atoms with Gasteiger partial charge in [-0.15, -0.1) is 0 Å². The highest BCUT2D eigenvalue weighted by Gasteiger charge is 2.15. The summed E-state index contributed by atoms with van der Waals surface area (Å²) in [5.41, 5.74) is 2.39. The standard InChI is InChI=1S/C15H26N4/c1-4-13-11(3)18-14(5-2)19-15(13)17-10-12-7-6-8-16-9-12/h12,16H,4-10H2,1-3H3,(H,17,18,19). The molecule has 1 aromatic rings. The minimum atomic E-state index is 0.721. The molecule has 0 bridgehead atoms. The molecule has 1 unspecified atom stereocenters. The van der Waals surface area contributed by atoms with E-state index < -0.39 is 0 Å². The van der Waals surface area contributed by atoms with Gasteiger partial charge in [0.1, 0.15) is 11.6 Å². The van der Waals surface area contributed by atoms with Crippen LogP contribution in [0.25, 0.3) is 0 Å². The molecular formula is C15H26N4. The number of rotatable bonds is 5. The molecule has 0 amide bonds. The van der Waals surface area contributed by atoms with Gasteiger partial charge in [-0.25, -0.2) is 9.97 Å². The summed E-state index contributed by atoms with van der Waals surface area (Å²) < 4.78 is 0. The first-order valence-electron chi connectivity index (χ1n) is 7.55. The molecule has 1 aliphatic rings. The summed E-state index contributed by atoms with van der Waals surface area (Å²) in [6.07, 6.45) is 4.48. The number of piperidine rings is 1. The van der Waals surface area contributed by atoms with Crippen LogP contribution in [-0.4, -0.2) is 29.6 Å². The molecule has 0 aliphatic carbocycles. The van der Waals surface area contributed by atoms with Crippen LogP contribution in [0.4, 0.5) is 5.82 Å². The highest BCUT2D eigenvalue weighted by Crippen LogP contribution is 2.19. The van der Waals surface area contributed by atoms with Crippen molar-refractivity contribution in [3.05, 3.63) is 17.1 Å². The Bertz CT molecular complexity index is 411. The van der Waals surface area contributed by atoms with Crippen molar-refractivity contribution in [3.63, 3.8) is 0 Å². The largest absolute Gasteiger partial charge is 0.369 e. The molecule has 1 aliphatic heterocycles. The normalized spacial score (nSPS) is 19.4. The fourth-order valence-corrected chi connectivity index (χ4v) is 2.72. The smallest absolute Gasteiger partial charge is 0.133 e. The van der Waals surface area contributed by atoms with E-state index in [0.717, 1.165) is 49.2 Å². The maximum Gasteiger partial charge on any atom is 0.133 e. The van der Waals surface area contributed by atoms with Gasteiger partial charge < -0.3 is 10.6 Å². The van der Waals surface area contributed by atoms with Crippen LogP contribution >= 0.6 is 0 Å². The van der Waals surface area contributed by atoms with Gasteiger partial charge in [0.2, 0.25) is 0 Å². The second-order valence-electron chi connectivity index (χ2n) is 5.35. The van der Waals surface area contributed by atoms with Crippen molar-refractivity contribution >= 4 is 5.82 Å². The molecule has 2 N–H and O–H groups in total. The zero-order valence-corrected chi connectivity index (χ0v) is 12.4. The molecule has 4 nitrogen and oxygen atoms in total. The molecule has 0 radical (unpaired) electrons. The maximum atomic E-state index is 4.66. The molecule has 1 saturated heterocycles. The number of anilines is 1. The number of aryl methyl sites for hydroxylation is 2. The van der Waals surface area contributed by atoms with Gasteiger partial charge in [-0.3, -0.25) is 0 Å². The first kappa shape index (κ1) is 14.3. The van der Waals surface area contributed by atoms with Crippen LogP contribution in [0.15, 0.2) is 0 Å². The number of hydrogen-bond acceptors (Lipinski definition) is 4. The molecule has 0 spiro atoms. The molecule has 0 saturated carbocycles. The molecule has 1 fully saturated rings. The Morgan fingerprint density at radius 1 is 1.26 bits per heavy atom. The number of nitrogens with one attached hydrogen (secondary N) is 2. The topological polar surface area (TPSA) is 49.8 Å². The summed E-state index contributed by atoms with van der Waals surface area (Å²) in [5, 5.41) is 7.02. The van der Waals surface area contributed by atoms with Crippen LogP contribution in [0, 0.1) is 12.8 Å². The summed E-state index contributed by atoms with van der Waals surface area (Å²) in [6, 6.07) is 0. The fourth-order valence-electron chi connectivity index (χ4n) is 2.72. The predicted molar refractivity (Wildman–Crippen MR) is 79.6 cm³/mol. The Kier molecular flexibility index (Phi) is 5.14. The van der Waals surface area contributed by atoms with E-state index in [4.69, 9.17) is 0 Å². The Balaban J connectivity index is 2.06. The van der Waals surface area contributed by atoms with Gasteiger partial charge in [0, 0.05) is 24.2 Å². The van der Waals surface area contributed by atoms with Crippen molar-refractivity contribution in [1.82, 2.24) is 15.3 Å². The van der Waals surface area contributed by atoms with E-state index in [1.807, 2.05) is 0 Å². The quantitative estimate of drug-likeness (QED) is 0.855. The predicted octanol–water partition coefficient (Wildman–Crippen LogP) is 2.32. The van der Waals surface area contributed by atoms with E-state index in [1.165, 1.54) is 24.9 Å². The first-order chi connectivity index (χ1) is 9.24. The third-order valence-electron chi connectivity index (χ3n) is 3.89.